The highest BCUT2D eigenvalue weighted by atomic mass is 31.2. The largest absolute Gasteiger partial charge is 0.472 e. The van der Waals surface area contributed by atoms with E-state index in [4.69, 9.17) is 37.0 Å². The second-order valence-corrected chi connectivity index (χ2v) is 28.7. The molecule has 0 aromatic rings. The zero-order valence-corrected chi connectivity index (χ0v) is 59.5. The molecule has 0 spiro atoms. The number of hydrogen-bond donors (Lipinski definition) is 3. The summed E-state index contributed by atoms with van der Waals surface area (Å²) in [4.78, 5) is 72.3. The topological polar surface area (TPSA) is 237 Å². The maximum absolute atomic E-state index is 13.0. The van der Waals surface area contributed by atoms with Crippen LogP contribution >= 0.6 is 15.6 Å². The molecule has 0 bridgehead atoms. The summed E-state index contributed by atoms with van der Waals surface area (Å²) >= 11 is 0. The summed E-state index contributed by atoms with van der Waals surface area (Å²) in [5.74, 6) is -0.521. The van der Waals surface area contributed by atoms with Crippen LogP contribution in [0.2, 0.25) is 0 Å². The number of hydrogen-bond acceptors (Lipinski definition) is 15. The van der Waals surface area contributed by atoms with Gasteiger partial charge in [-0.3, -0.25) is 37.3 Å². The Bertz CT molecular complexity index is 1740. The molecule has 0 aliphatic heterocycles. The molecule has 17 nitrogen and oxygen atoms in total. The van der Waals surface area contributed by atoms with Gasteiger partial charge in [0.05, 0.1) is 26.4 Å². The molecule has 89 heavy (non-hydrogen) atoms. The number of phosphoric acid groups is 2. The van der Waals surface area contributed by atoms with Gasteiger partial charge in [-0.2, -0.15) is 0 Å². The summed E-state index contributed by atoms with van der Waals surface area (Å²) in [6.45, 7) is 9.52. The van der Waals surface area contributed by atoms with Gasteiger partial charge in [0.2, 0.25) is 0 Å². The minimum absolute atomic E-state index is 0.105. The van der Waals surface area contributed by atoms with Crippen LogP contribution in [0.5, 0.6) is 0 Å². The van der Waals surface area contributed by atoms with Gasteiger partial charge in [-0.15, -0.1) is 0 Å². The van der Waals surface area contributed by atoms with E-state index in [0.717, 1.165) is 108 Å². The van der Waals surface area contributed by atoms with Gasteiger partial charge < -0.3 is 33.8 Å². The van der Waals surface area contributed by atoms with E-state index in [2.05, 4.69) is 41.5 Å². The van der Waals surface area contributed by atoms with Crippen LogP contribution in [0.1, 0.15) is 356 Å². The molecule has 0 aliphatic carbocycles. The standard InChI is InChI=1S/C70H136O17P2/c1-7-11-13-15-16-17-18-19-20-21-22-23-31-36-42-48-54-70(75)87-66(59-81-68(73)53-47-41-35-30-26-24-28-33-39-44-50-62(5)9-3)61-85-89(78,79)83-57-64(71)56-82-88(76,77)84-60-65(58-80-67(72)52-46-38-14-12-8-2)86-69(74)55-49-43-37-32-27-25-29-34-40-45-51-63(6)10-4/h62-66,71H,7-61H2,1-6H3,(H,76,77)(H,78,79)/t62?,63?,64-,65+,66+/m0/s1. The summed E-state index contributed by atoms with van der Waals surface area (Å²) in [7, 11) is -9.89. The lowest BCUT2D eigenvalue weighted by Crippen LogP contribution is -2.30. The Morgan fingerprint density at radius 2 is 0.539 bits per heavy atom. The highest BCUT2D eigenvalue weighted by molar-refractivity contribution is 7.47. The molecular weight excluding hydrogens is 1170 g/mol. The molecule has 0 saturated heterocycles. The van der Waals surface area contributed by atoms with Crippen LogP contribution in [0, 0.1) is 11.8 Å². The number of aliphatic hydroxyl groups excluding tert-OH is 1. The molecule has 19 heteroatoms. The average molecular weight is 1310 g/mol. The van der Waals surface area contributed by atoms with Crippen molar-refractivity contribution >= 4 is 39.5 Å². The second kappa shape index (κ2) is 62.2. The Hall–Kier alpha value is -1.94. The minimum atomic E-state index is -4.95. The van der Waals surface area contributed by atoms with Crippen LogP contribution in [0.25, 0.3) is 0 Å². The fraction of sp³-hybridized carbons (Fsp3) is 0.943. The Balaban J connectivity index is 5.17. The first-order valence-electron chi connectivity index (χ1n) is 36.6. The number of carbonyl (C=O) groups is 4. The van der Waals surface area contributed by atoms with E-state index in [1.807, 2.05) is 0 Å². The number of unbranched alkanes of at least 4 members (excludes halogenated alkanes) is 37. The van der Waals surface area contributed by atoms with Crippen molar-refractivity contribution in [3.63, 3.8) is 0 Å². The lowest BCUT2D eigenvalue weighted by Gasteiger charge is -2.21. The monoisotopic (exact) mass is 1310 g/mol. The third kappa shape index (κ3) is 62.0. The molecule has 0 aromatic heterocycles. The van der Waals surface area contributed by atoms with Gasteiger partial charge in [-0.05, 0) is 37.5 Å². The molecule has 7 atom stereocenters. The molecule has 0 heterocycles. The predicted molar refractivity (Wildman–Crippen MR) is 358 cm³/mol. The van der Waals surface area contributed by atoms with Gasteiger partial charge in [-0.1, -0.05) is 305 Å². The smallest absolute Gasteiger partial charge is 0.462 e. The van der Waals surface area contributed by atoms with Crippen LogP contribution in [-0.4, -0.2) is 96.7 Å². The first-order valence-corrected chi connectivity index (χ1v) is 39.6. The van der Waals surface area contributed by atoms with Crippen LogP contribution in [0.3, 0.4) is 0 Å². The summed E-state index contributed by atoms with van der Waals surface area (Å²) in [5.41, 5.74) is 0. The number of esters is 4. The molecular formula is C70H136O17P2. The fourth-order valence-corrected chi connectivity index (χ4v) is 12.1. The normalized spacial score (nSPS) is 14.8. The van der Waals surface area contributed by atoms with E-state index in [-0.39, 0.29) is 25.7 Å². The van der Waals surface area contributed by atoms with Crippen molar-refractivity contribution in [1.82, 2.24) is 0 Å². The van der Waals surface area contributed by atoms with E-state index in [9.17, 15) is 43.2 Å². The zero-order valence-electron chi connectivity index (χ0n) is 57.7. The van der Waals surface area contributed by atoms with Crippen LogP contribution < -0.4 is 0 Å². The summed E-state index contributed by atoms with van der Waals surface area (Å²) in [5, 5.41) is 10.6. The average Bonchev–Trinajstić information content (AvgIpc) is 3.70. The van der Waals surface area contributed by atoms with Gasteiger partial charge in [0.25, 0.3) is 0 Å². The summed E-state index contributed by atoms with van der Waals surface area (Å²) < 4.78 is 68.1. The number of aliphatic hydroxyl groups is 1. The second-order valence-electron chi connectivity index (χ2n) is 25.8. The Morgan fingerprint density at radius 1 is 0.315 bits per heavy atom. The summed E-state index contributed by atoms with van der Waals surface area (Å²) in [6.07, 6.45) is 47.4. The van der Waals surface area contributed by atoms with Gasteiger partial charge in [0, 0.05) is 25.7 Å². The highest BCUT2D eigenvalue weighted by Crippen LogP contribution is 2.45. The third-order valence-corrected chi connectivity index (χ3v) is 18.8. The van der Waals surface area contributed by atoms with E-state index in [0.29, 0.717) is 25.7 Å². The first kappa shape index (κ1) is 87.1. The van der Waals surface area contributed by atoms with Gasteiger partial charge >= 0.3 is 39.5 Å². The Labute approximate surface area is 543 Å². The SMILES string of the molecule is CCCCCCCCCCCCCCCCCCC(=O)O[C@H](COC(=O)CCCCCCCCCCCCC(C)CC)COP(=O)(O)OC[C@@H](O)COP(=O)(O)OC[C@@H](COC(=O)CCCCCCC)OC(=O)CCCCCCCCCCCCC(C)CC. The van der Waals surface area contributed by atoms with Crippen LogP contribution in [0.4, 0.5) is 0 Å². The lowest BCUT2D eigenvalue weighted by atomic mass is 9.99. The Kier molecular flexibility index (Phi) is 60.8. The van der Waals surface area contributed by atoms with E-state index < -0.39 is 97.5 Å². The third-order valence-electron chi connectivity index (χ3n) is 16.9. The van der Waals surface area contributed by atoms with Gasteiger partial charge in [-0.25, -0.2) is 9.13 Å². The molecule has 4 unspecified atom stereocenters. The molecule has 0 fully saturated rings. The van der Waals surface area contributed by atoms with Crippen molar-refractivity contribution in [2.45, 2.75) is 374 Å². The lowest BCUT2D eigenvalue weighted by molar-refractivity contribution is -0.161. The number of phosphoric ester groups is 2. The van der Waals surface area contributed by atoms with E-state index in [1.54, 1.807) is 0 Å². The first-order chi connectivity index (χ1) is 42.9. The Morgan fingerprint density at radius 3 is 0.798 bits per heavy atom. The maximum atomic E-state index is 13.0. The minimum Gasteiger partial charge on any atom is -0.462 e. The molecule has 0 aliphatic rings. The highest BCUT2D eigenvalue weighted by Gasteiger charge is 2.30. The van der Waals surface area contributed by atoms with E-state index in [1.165, 1.54) is 167 Å². The van der Waals surface area contributed by atoms with Gasteiger partial charge in [0.15, 0.2) is 12.2 Å². The molecule has 0 saturated carbocycles. The van der Waals surface area contributed by atoms with E-state index >= 15 is 0 Å². The number of carbonyl (C=O) groups excluding carboxylic acids is 4. The zero-order chi connectivity index (χ0) is 65.7. The molecule has 0 radical (unpaired) electrons. The molecule has 0 rings (SSSR count). The molecule has 0 aromatic carbocycles. The summed E-state index contributed by atoms with van der Waals surface area (Å²) in [6, 6.07) is 0. The van der Waals surface area contributed by atoms with Crippen LogP contribution in [-0.2, 0) is 65.4 Å². The number of ether oxygens (including phenoxy) is 4. The van der Waals surface area contributed by atoms with Crippen molar-refractivity contribution in [2.24, 2.45) is 11.8 Å². The molecule has 0 amide bonds. The van der Waals surface area contributed by atoms with Crippen molar-refractivity contribution in [3.8, 4) is 0 Å². The maximum Gasteiger partial charge on any atom is 0.472 e. The fourth-order valence-electron chi connectivity index (χ4n) is 10.5. The van der Waals surface area contributed by atoms with Crippen molar-refractivity contribution < 1.29 is 80.2 Å². The predicted octanol–water partition coefficient (Wildman–Crippen LogP) is 20.0. The van der Waals surface area contributed by atoms with Crippen molar-refractivity contribution in [3.05, 3.63) is 0 Å². The molecule has 528 valence electrons. The molecule has 3 N–H and O–H groups in total. The van der Waals surface area contributed by atoms with Gasteiger partial charge in [0.1, 0.15) is 19.3 Å². The van der Waals surface area contributed by atoms with Crippen molar-refractivity contribution in [2.75, 3.05) is 39.6 Å². The van der Waals surface area contributed by atoms with Crippen molar-refractivity contribution in [1.29, 1.82) is 0 Å². The quantitative estimate of drug-likeness (QED) is 0.0222. The van der Waals surface area contributed by atoms with Crippen LogP contribution in [0.15, 0.2) is 0 Å². The number of rotatable bonds is 69.